The van der Waals surface area contributed by atoms with E-state index in [1.54, 1.807) is 26.8 Å². The highest BCUT2D eigenvalue weighted by Crippen LogP contribution is 2.32. The van der Waals surface area contributed by atoms with E-state index in [1.165, 1.54) is 6.07 Å². The van der Waals surface area contributed by atoms with E-state index >= 15 is 0 Å². The smallest absolute Gasteiger partial charge is 0.354 e. The van der Waals surface area contributed by atoms with Gasteiger partial charge < -0.3 is 10.6 Å². The summed E-state index contributed by atoms with van der Waals surface area (Å²) in [6.45, 7) is 5.17. The Morgan fingerprint density at radius 3 is 2.22 bits per heavy atom. The molecule has 2 N–H and O–H groups in total. The largest absolute Gasteiger partial charge is 0.416 e. The Balaban J connectivity index is 2.69. The fourth-order valence-electron chi connectivity index (χ4n) is 1.90. The van der Waals surface area contributed by atoms with E-state index in [4.69, 9.17) is 0 Å². The normalized spacial score (nSPS) is 11.9. The SMILES string of the molecule is CCC(=O)NCC(=O)NCC(C)(C)c1cccc(C(F)(F)F)c1. The molecule has 0 unspecified atom stereocenters. The molecule has 1 rings (SSSR count). The van der Waals surface area contributed by atoms with Crippen molar-refractivity contribution in [2.45, 2.75) is 38.8 Å². The number of halogens is 3. The summed E-state index contributed by atoms with van der Waals surface area (Å²) in [6, 6.07) is 5.05. The number of benzene rings is 1. The fourth-order valence-corrected chi connectivity index (χ4v) is 1.90. The Hall–Kier alpha value is -2.05. The van der Waals surface area contributed by atoms with Crippen LogP contribution in [-0.2, 0) is 21.2 Å². The molecule has 0 bridgehead atoms. The van der Waals surface area contributed by atoms with Crippen LogP contribution in [0.25, 0.3) is 0 Å². The molecule has 2 amide bonds. The van der Waals surface area contributed by atoms with Gasteiger partial charge in [-0.2, -0.15) is 13.2 Å². The molecule has 23 heavy (non-hydrogen) atoms. The minimum atomic E-state index is -4.40. The zero-order valence-corrected chi connectivity index (χ0v) is 13.4. The lowest BCUT2D eigenvalue weighted by molar-refractivity contribution is -0.137. The van der Waals surface area contributed by atoms with E-state index in [-0.39, 0.29) is 31.3 Å². The van der Waals surface area contributed by atoms with Gasteiger partial charge in [-0.15, -0.1) is 0 Å². The lowest BCUT2D eigenvalue weighted by Gasteiger charge is -2.26. The number of carbonyl (C=O) groups is 2. The number of rotatable bonds is 6. The summed E-state index contributed by atoms with van der Waals surface area (Å²) in [5.41, 5.74) is -0.916. The molecule has 4 nitrogen and oxygen atoms in total. The monoisotopic (exact) mass is 330 g/mol. The van der Waals surface area contributed by atoms with Crippen molar-refractivity contribution in [1.29, 1.82) is 0 Å². The van der Waals surface area contributed by atoms with E-state index < -0.39 is 17.2 Å². The summed E-state index contributed by atoms with van der Waals surface area (Å²) in [5, 5.41) is 5.06. The molecule has 0 spiro atoms. The first-order valence-electron chi connectivity index (χ1n) is 7.27. The van der Waals surface area contributed by atoms with Crippen LogP contribution in [0.3, 0.4) is 0 Å². The number of nitrogens with one attached hydrogen (secondary N) is 2. The van der Waals surface area contributed by atoms with Crippen LogP contribution in [0, 0.1) is 0 Å². The van der Waals surface area contributed by atoms with Crippen LogP contribution in [0.15, 0.2) is 24.3 Å². The van der Waals surface area contributed by atoms with Crippen molar-refractivity contribution in [3.05, 3.63) is 35.4 Å². The molecule has 0 saturated heterocycles. The third kappa shape index (κ3) is 5.92. The van der Waals surface area contributed by atoms with E-state index in [1.807, 2.05) is 0 Å². The topological polar surface area (TPSA) is 58.2 Å². The molecular weight excluding hydrogens is 309 g/mol. The maximum absolute atomic E-state index is 12.8. The van der Waals surface area contributed by atoms with Gasteiger partial charge in [0.15, 0.2) is 0 Å². The van der Waals surface area contributed by atoms with Crippen molar-refractivity contribution in [2.75, 3.05) is 13.1 Å². The standard InChI is InChI=1S/C16H21F3N2O2/c1-4-13(22)20-9-14(23)21-10-15(2,3)11-6-5-7-12(8-11)16(17,18)19/h5-8H,4,9-10H2,1-3H3,(H,20,22)(H,21,23). The molecule has 0 saturated carbocycles. The highest BCUT2D eigenvalue weighted by Gasteiger charge is 2.32. The number of alkyl halides is 3. The quantitative estimate of drug-likeness (QED) is 0.842. The second-order valence-electron chi connectivity index (χ2n) is 5.87. The summed E-state index contributed by atoms with van der Waals surface area (Å²) in [7, 11) is 0. The number of hydrogen-bond acceptors (Lipinski definition) is 2. The molecule has 0 aromatic heterocycles. The number of amides is 2. The molecule has 0 radical (unpaired) electrons. The van der Waals surface area contributed by atoms with Crippen LogP contribution in [0.2, 0.25) is 0 Å². The van der Waals surface area contributed by atoms with Crippen LogP contribution in [-0.4, -0.2) is 24.9 Å². The highest BCUT2D eigenvalue weighted by atomic mass is 19.4. The van der Waals surface area contributed by atoms with Gasteiger partial charge in [-0.1, -0.05) is 39.0 Å². The minimum absolute atomic E-state index is 0.147. The maximum Gasteiger partial charge on any atom is 0.416 e. The first-order chi connectivity index (χ1) is 10.6. The van der Waals surface area contributed by atoms with E-state index in [2.05, 4.69) is 10.6 Å². The molecule has 0 fully saturated rings. The zero-order chi connectivity index (χ0) is 17.7. The molecule has 1 aromatic rings. The van der Waals surface area contributed by atoms with Crippen LogP contribution in [0.1, 0.15) is 38.3 Å². The second kappa shape index (κ2) is 7.48. The van der Waals surface area contributed by atoms with Gasteiger partial charge in [-0.05, 0) is 11.6 Å². The molecule has 0 aliphatic rings. The van der Waals surface area contributed by atoms with Crippen LogP contribution in [0.4, 0.5) is 13.2 Å². The highest BCUT2D eigenvalue weighted by molar-refractivity contribution is 5.84. The molecule has 0 atom stereocenters. The van der Waals surface area contributed by atoms with Crippen LogP contribution >= 0.6 is 0 Å². The third-order valence-electron chi connectivity index (χ3n) is 3.47. The van der Waals surface area contributed by atoms with Gasteiger partial charge in [-0.25, -0.2) is 0 Å². The van der Waals surface area contributed by atoms with Gasteiger partial charge in [0.25, 0.3) is 0 Å². The Morgan fingerprint density at radius 2 is 1.65 bits per heavy atom. The first kappa shape index (κ1) is 19.0. The lowest BCUT2D eigenvalue weighted by Crippen LogP contribution is -2.42. The molecule has 1 aromatic carbocycles. The average molecular weight is 330 g/mol. The van der Waals surface area contributed by atoms with E-state index in [0.717, 1.165) is 12.1 Å². The van der Waals surface area contributed by atoms with Crippen LogP contribution in [0.5, 0.6) is 0 Å². The van der Waals surface area contributed by atoms with Crippen molar-refractivity contribution < 1.29 is 22.8 Å². The summed E-state index contributed by atoms with van der Waals surface area (Å²) in [4.78, 5) is 22.7. The fraction of sp³-hybridized carbons (Fsp3) is 0.500. The summed E-state index contributed by atoms with van der Waals surface area (Å²) in [6.07, 6.45) is -4.12. The number of hydrogen-bond donors (Lipinski definition) is 2. The van der Waals surface area contributed by atoms with Gasteiger partial charge in [-0.3, -0.25) is 9.59 Å². The zero-order valence-electron chi connectivity index (χ0n) is 13.4. The molecule has 0 aliphatic carbocycles. The Labute approximate surface area is 133 Å². The lowest BCUT2D eigenvalue weighted by atomic mass is 9.83. The Morgan fingerprint density at radius 1 is 1.04 bits per heavy atom. The maximum atomic E-state index is 12.8. The van der Waals surface area contributed by atoms with Crippen LogP contribution < -0.4 is 10.6 Å². The predicted octanol–water partition coefficient (Wildman–Crippen LogP) is 2.63. The average Bonchev–Trinajstić information content (AvgIpc) is 2.50. The third-order valence-corrected chi connectivity index (χ3v) is 3.47. The second-order valence-corrected chi connectivity index (χ2v) is 5.87. The van der Waals surface area contributed by atoms with E-state index in [0.29, 0.717) is 5.56 Å². The van der Waals surface area contributed by atoms with Crippen molar-refractivity contribution in [3.8, 4) is 0 Å². The van der Waals surface area contributed by atoms with Gasteiger partial charge in [0.05, 0.1) is 12.1 Å². The Bertz CT molecular complexity index is 569. The van der Waals surface area contributed by atoms with E-state index in [9.17, 15) is 22.8 Å². The summed E-state index contributed by atoms with van der Waals surface area (Å²) < 4.78 is 38.3. The summed E-state index contributed by atoms with van der Waals surface area (Å²) in [5.74, 6) is -0.621. The first-order valence-corrected chi connectivity index (χ1v) is 7.27. The molecule has 7 heteroatoms. The van der Waals surface area contributed by atoms with Crippen molar-refractivity contribution >= 4 is 11.8 Å². The van der Waals surface area contributed by atoms with Crippen molar-refractivity contribution in [3.63, 3.8) is 0 Å². The summed E-state index contributed by atoms with van der Waals surface area (Å²) >= 11 is 0. The van der Waals surface area contributed by atoms with Gasteiger partial charge >= 0.3 is 6.18 Å². The molecule has 0 aliphatic heterocycles. The molecule has 128 valence electrons. The minimum Gasteiger partial charge on any atom is -0.354 e. The Kier molecular flexibility index (Phi) is 6.18. The number of carbonyl (C=O) groups excluding carboxylic acids is 2. The van der Waals surface area contributed by atoms with Crippen molar-refractivity contribution in [2.24, 2.45) is 0 Å². The van der Waals surface area contributed by atoms with Gasteiger partial charge in [0.2, 0.25) is 11.8 Å². The molecule has 0 heterocycles. The van der Waals surface area contributed by atoms with Gasteiger partial charge in [0.1, 0.15) is 0 Å². The van der Waals surface area contributed by atoms with Gasteiger partial charge in [0, 0.05) is 18.4 Å². The molecular formula is C16H21F3N2O2. The van der Waals surface area contributed by atoms with Crippen molar-refractivity contribution in [1.82, 2.24) is 10.6 Å². The predicted molar refractivity (Wildman–Crippen MR) is 80.8 cm³/mol.